The Hall–Kier alpha value is -5.65. The summed E-state index contributed by atoms with van der Waals surface area (Å²) in [5.41, 5.74) is -11.7. The van der Waals surface area contributed by atoms with E-state index in [1.807, 2.05) is 21.7 Å². The average molecular weight is 918 g/mol. The van der Waals surface area contributed by atoms with Gasteiger partial charge in [0, 0.05) is 10.6 Å². The van der Waals surface area contributed by atoms with E-state index in [0.717, 1.165) is 0 Å². The number of nitrogens with zero attached hydrogens (tertiary/aromatic N) is 1. The van der Waals surface area contributed by atoms with Gasteiger partial charge in [0.2, 0.25) is 17.8 Å². The fraction of sp³-hybridized carbons (Fsp3) is 0.0286. The number of halogens is 21. The van der Waals surface area contributed by atoms with Crippen molar-refractivity contribution in [2.45, 2.75) is 6.54 Å². The third-order valence-electron chi connectivity index (χ3n) is 8.73. The second-order valence-corrected chi connectivity index (χ2v) is 13.1. The van der Waals surface area contributed by atoms with Gasteiger partial charge in [0.05, 0.1) is 5.38 Å². The normalized spacial score (nSPS) is 11.6. The zero-order valence-corrected chi connectivity index (χ0v) is 29.6. The number of rotatable bonds is 7. The lowest BCUT2D eigenvalue weighted by molar-refractivity contribution is -0.678. The molecule has 60 heavy (non-hydrogen) atoms. The van der Waals surface area contributed by atoms with Crippen LogP contribution >= 0.6 is 22.9 Å². The molecule has 1 heterocycles. The highest BCUT2D eigenvalue weighted by Gasteiger charge is 2.52. The topological polar surface area (TPSA) is 20.9 Å². The van der Waals surface area contributed by atoms with Gasteiger partial charge >= 0.3 is 0 Å². The molecular weight excluding hydrogens is 909 g/mol. The van der Waals surface area contributed by atoms with Crippen LogP contribution in [0.2, 0.25) is 5.02 Å². The summed E-state index contributed by atoms with van der Waals surface area (Å²) in [5, 5.41) is 2.59. The summed E-state index contributed by atoms with van der Waals surface area (Å²) in [4.78, 5) is 11.8. The SMILES string of the molecule is Fc1c(F)c(F)c([B-](c2c(F)c(F)c(F)c(F)c2F)(c2c(F)c(F)c(F)c(F)c2F)c2c(F)c(F)c(F)c(F)c2F)c(F)c1F.O=C(C[n+]1ccsc1)c1ccc(Cl)cc1. The Kier molecular flexibility index (Phi) is 12.7. The van der Waals surface area contributed by atoms with Gasteiger partial charge in [-0.2, -0.15) is 4.57 Å². The van der Waals surface area contributed by atoms with E-state index in [2.05, 4.69) is 0 Å². The average Bonchev–Trinajstić information content (AvgIpc) is 3.74. The summed E-state index contributed by atoms with van der Waals surface area (Å²) in [6, 6.07) is 6.95. The number of hydrogen-bond acceptors (Lipinski definition) is 2. The second-order valence-electron chi connectivity index (χ2n) is 11.9. The summed E-state index contributed by atoms with van der Waals surface area (Å²) in [5.74, 6) is -71.3. The molecule has 0 atom stereocenters. The molecule has 0 saturated carbocycles. The Labute approximate surface area is 328 Å². The predicted molar refractivity (Wildman–Crippen MR) is 170 cm³/mol. The van der Waals surface area contributed by atoms with Crippen LogP contribution in [0.3, 0.4) is 0 Å². The van der Waals surface area contributed by atoms with E-state index < -0.39 is 144 Å². The predicted octanol–water partition coefficient (Wildman–Crippen LogP) is 8.42. The van der Waals surface area contributed by atoms with Crippen molar-refractivity contribution in [1.82, 2.24) is 0 Å². The van der Waals surface area contributed by atoms with Gasteiger partial charge in [0.15, 0.2) is 76.0 Å². The highest BCUT2D eigenvalue weighted by Crippen LogP contribution is 2.30. The van der Waals surface area contributed by atoms with Crippen molar-refractivity contribution in [2.75, 3.05) is 0 Å². The van der Waals surface area contributed by atoms with Crippen molar-refractivity contribution in [1.29, 1.82) is 0 Å². The summed E-state index contributed by atoms with van der Waals surface area (Å²) in [6.45, 7) is 0.380. The van der Waals surface area contributed by atoms with Gasteiger partial charge in [-0.25, -0.2) is 87.8 Å². The zero-order valence-electron chi connectivity index (χ0n) is 28.0. The van der Waals surface area contributed by atoms with Gasteiger partial charge in [-0.05, 0) is 24.3 Å². The van der Waals surface area contributed by atoms with Crippen molar-refractivity contribution in [3.8, 4) is 0 Å². The first-order valence-corrected chi connectivity index (χ1v) is 16.7. The van der Waals surface area contributed by atoms with Gasteiger partial charge in [0.1, 0.15) is 52.7 Å². The number of ketones is 1. The van der Waals surface area contributed by atoms with Crippen molar-refractivity contribution in [2.24, 2.45) is 0 Å². The third kappa shape index (κ3) is 7.11. The molecule has 25 heteroatoms. The quantitative estimate of drug-likeness (QED) is 0.0394. The molecule has 0 N–H and O–H groups in total. The molecule has 0 saturated heterocycles. The molecule has 0 unspecified atom stereocenters. The molecule has 6 rings (SSSR count). The minimum Gasteiger partial charge on any atom is -0.287 e. The molecule has 0 amide bonds. The molecule has 0 aliphatic heterocycles. The molecule has 0 radical (unpaired) electrons. The van der Waals surface area contributed by atoms with E-state index in [4.69, 9.17) is 11.6 Å². The van der Waals surface area contributed by atoms with Gasteiger partial charge in [-0.15, -0.1) is 21.9 Å². The largest absolute Gasteiger partial charge is 0.287 e. The van der Waals surface area contributed by atoms with E-state index in [9.17, 15) is 57.5 Å². The maximum atomic E-state index is 15.4. The minimum atomic E-state index is -7.22. The molecular formula is C35H9BClF20NOS. The van der Waals surface area contributed by atoms with Crippen LogP contribution in [0.5, 0.6) is 0 Å². The fourth-order valence-corrected chi connectivity index (χ4v) is 6.84. The van der Waals surface area contributed by atoms with Crippen molar-refractivity contribution >= 4 is 56.7 Å². The highest BCUT2D eigenvalue weighted by molar-refractivity contribution is 7.20. The fourth-order valence-electron chi connectivity index (χ4n) is 6.12. The van der Waals surface area contributed by atoms with Crippen LogP contribution in [0.15, 0.2) is 41.4 Å². The van der Waals surface area contributed by atoms with E-state index in [1.165, 1.54) is 0 Å². The first kappa shape index (κ1) is 45.4. The molecule has 6 aromatic rings. The monoisotopic (exact) mass is 917 g/mol. The molecule has 0 aliphatic rings. The van der Waals surface area contributed by atoms with Crippen LogP contribution in [0.1, 0.15) is 10.4 Å². The van der Waals surface area contributed by atoms with Crippen LogP contribution in [-0.4, -0.2) is 11.9 Å². The Bertz CT molecular complexity index is 2330. The third-order valence-corrected chi connectivity index (χ3v) is 9.65. The maximum absolute atomic E-state index is 15.4. The summed E-state index contributed by atoms with van der Waals surface area (Å²) in [7, 11) is 0. The lowest BCUT2D eigenvalue weighted by Gasteiger charge is -2.44. The molecule has 316 valence electrons. The van der Waals surface area contributed by atoms with Crippen LogP contribution in [0.4, 0.5) is 87.8 Å². The van der Waals surface area contributed by atoms with Gasteiger partial charge in [-0.1, -0.05) is 22.9 Å². The number of benzene rings is 5. The molecule has 0 spiro atoms. The Morgan fingerprint density at radius 3 is 0.917 bits per heavy atom. The molecule has 0 bridgehead atoms. The van der Waals surface area contributed by atoms with Crippen LogP contribution in [0, 0.1) is 116 Å². The van der Waals surface area contributed by atoms with E-state index >= 15 is 35.1 Å². The Balaban J connectivity index is 0.000000379. The van der Waals surface area contributed by atoms with E-state index in [-0.39, 0.29) is 5.78 Å². The zero-order chi connectivity index (χ0) is 45.0. The van der Waals surface area contributed by atoms with Gasteiger partial charge in [-0.3, -0.25) is 4.79 Å². The molecule has 1 aromatic heterocycles. The van der Waals surface area contributed by atoms with Crippen LogP contribution in [0.25, 0.3) is 0 Å². The van der Waals surface area contributed by atoms with Crippen LogP contribution < -0.4 is 26.4 Å². The summed E-state index contributed by atoms with van der Waals surface area (Å²) >= 11 is 7.31. The smallest absolute Gasteiger partial charge is 0.227 e. The lowest BCUT2D eigenvalue weighted by Crippen LogP contribution is -2.81. The van der Waals surface area contributed by atoms with Gasteiger partial charge < -0.3 is 0 Å². The molecule has 2 nitrogen and oxygen atoms in total. The van der Waals surface area contributed by atoms with E-state index in [1.54, 1.807) is 35.6 Å². The number of Topliss-reactive ketones (excluding diaryl/α,β-unsaturated/α-hetero) is 1. The highest BCUT2D eigenvalue weighted by atomic mass is 35.5. The van der Waals surface area contributed by atoms with E-state index in [0.29, 0.717) is 17.1 Å². The first-order valence-electron chi connectivity index (χ1n) is 15.4. The number of carbonyl (C=O) groups excluding carboxylic acids is 1. The number of carbonyl (C=O) groups is 1. The molecule has 5 aromatic carbocycles. The number of aromatic nitrogens is 1. The van der Waals surface area contributed by atoms with Gasteiger partial charge in [0.25, 0.3) is 0 Å². The summed E-state index contributed by atoms with van der Waals surface area (Å²) < 4.78 is 296. The van der Waals surface area contributed by atoms with Crippen molar-refractivity contribution in [3.05, 3.63) is 168 Å². The lowest BCUT2D eigenvalue weighted by atomic mass is 9.12. The first-order chi connectivity index (χ1) is 28.0. The molecule has 0 fully saturated rings. The number of hydrogen-bond donors (Lipinski definition) is 0. The Morgan fingerprint density at radius 2 is 0.683 bits per heavy atom. The van der Waals surface area contributed by atoms with Crippen molar-refractivity contribution < 1.29 is 97.2 Å². The Morgan fingerprint density at radius 1 is 0.433 bits per heavy atom. The summed E-state index contributed by atoms with van der Waals surface area (Å²) in [6.07, 6.45) is -5.33. The number of thiazole rings is 1. The maximum Gasteiger partial charge on any atom is 0.227 e. The minimum absolute atomic E-state index is 0.0927. The second kappa shape index (κ2) is 16.8. The van der Waals surface area contributed by atoms with Crippen molar-refractivity contribution in [3.63, 3.8) is 0 Å². The molecule has 0 aliphatic carbocycles. The standard InChI is InChI=1S/C24BF20.C11H9ClNOS/c26-5-1(6(27)14(35)21(42)13(5)34)25(2-7(28)15(36)22(43)16(37)8(2)29,3-9(30)17(38)23(44)18(39)10(3)31)4-11(32)19(40)24(45)20(41)12(4)33;12-10-3-1-9(2-4-10)11(14)7-13-5-6-15-8-13/h;1-6,8H,7H2/q-1;+1. The van der Waals surface area contributed by atoms with Crippen LogP contribution in [-0.2, 0) is 6.54 Å².